The van der Waals surface area contributed by atoms with E-state index in [-0.39, 0.29) is 37.4 Å². The summed E-state index contributed by atoms with van der Waals surface area (Å²) in [7, 11) is 0. The van der Waals surface area contributed by atoms with Gasteiger partial charge >= 0.3 is 11.9 Å². The van der Waals surface area contributed by atoms with Crippen LogP contribution in [0, 0.1) is 11.8 Å². The zero-order valence-electron chi connectivity index (χ0n) is 32.0. The molecule has 0 aromatic carbocycles. The van der Waals surface area contributed by atoms with Gasteiger partial charge in [-0.1, -0.05) is 154 Å². The fourth-order valence-corrected chi connectivity index (χ4v) is 6.79. The highest BCUT2D eigenvalue weighted by molar-refractivity contribution is 5.69. The van der Waals surface area contributed by atoms with Crippen LogP contribution in [0.5, 0.6) is 0 Å². The molecule has 0 aromatic rings. The van der Waals surface area contributed by atoms with E-state index in [9.17, 15) is 30.0 Å². The van der Waals surface area contributed by atoms with Crippen LogP contribution in [0.4, 0.5) is 0 Å². The third-order valence-corrected chi connectivity index (χ3v) is 10.0. The highest BCUT2D eigenvalue weighted by Crippen LogP contribution is 2.36. The van der Waals surface area contributed by atoms with Gasteiger partial charge < -0.3 is 29.9 Å². The van der Waals surface area contributed by atoms with E-state index >= 15 is 0 Å². The lowest BCUT2D eigenvalue weighted by atomic mass is 9.89. The molecule has 4 N–H and O–H groups in total. The number of allylic oxidation sites excluding steroid dienone is 2. The van der Waals surface area contributed by atoms with Crippen LogP contribution in [0.15, 0.2) is 24.3 Å². The maximum absolute atomic E-state index is 12.1. The number of ether oxygens (including phenoxy) is 2. The Labute approximate surface area is 305 Å². The van der Waals surface area contributed by atoms with Crippen molar-refractivity contribution in [2.24, 2.45) is 11.8 Å². The summed E-state index contributed by atoms with van der Waals surface area (Å²) in [5.41, 5.74) is 0. The number of rotatable bonds is 33. The number of aliphatic hydroxyl groups excluding tert-OH is 4. The van der Waals surface area contributed by atoms with Gasteiger partial charge in [-0.05, 0) is 38.0 Å². The second-order valence-electron chi connectivity index (χ2n) is 14.7. The lowest BCUT2D eigenvalue weighted by Gasteiger charge is -2.19. The molecule has 0 unspecified atom stereocenters. The van der Waals surface area contributed by atoms with Crippen molar-refractivity contribution in [3.05, 3.63) is 24.3 Å². The third-order valence-electron chi connectivity index (χ3n) is 10.0. The van der Waals surface area contributed by atoms with Gasteiger partial charge in [-0.2, -0.15) is 0 Å². The van der Waals surface area contributed by atoms with Crippen LogP contribution in [-0.4, -0.2) is 70.0 Å². The molecule has 0 radical (unpaired) electrons. The molecule has 1 aliphatic rings. The molecule has 50 heavy (non-hydrogen) atoms. The first kappa shape index (κ1) is 46.3. The van der Waals surface area contributed by atoms with Gasteiger partial charge in [-0.25, -0.2) is 0 Å². The van der Waals surface area contributed by atoms with E-state index in [1.54, 1.807) is 6.08 Å². The van der Waals surface area contributed by atoms with Crippen molar-refractivity contribution in [2.45, 2.75) is 205 Å². The molecule has 8 nitrogen and oxygen atoms in total. The summed E-state index contributed by atoms with van der Waals surface area (Å²) in [6.45, 7) is 4.01. The van der Waals surface area contributed by atoms with Crippen LogP contribution in [0.3, 0.4) is 0 Å². The molecule has 292 valence electrons. The van der Waals surface area contributed by atoms with Gasteiger partial charge in [0.05, 0.1) is 18.3 Å². The minimum Gasteiger partial charge on any atom is -0.463 e. The number of hydrogen-bond donors (Lipinski definition) is 4. The largest absolute Gasteiger partial charge is 0.463 e. The van der Waals surface area contributed by atoms with E-state index in [0.29, 0.717) is 38.5 Å². The highest BCUT2D eigenvalue weighted by Gasteiger charge is 2.39. The lowest BCUT2D eigenvalue weighted by Crippen LogP contribution is -2.25. The van der Waals surface area contributed by atoms with Crippen molar-refractivity contribution < 1.29 is 39.5 Å². The molecular formula is C42H76O8. The molecule has 1 rings (SSSR count). The van der Waals surface area contributed by atoms with Crippen LogP contribution >= 0.6 is 0 Å². The van der Waals surface area contributed by atoms with Crippen molar-refractivity contribution in [3.63, 3.8) is 0 Å². The SMILES string of the molecule is CCCCCCCCCCCCCCCCCCC(=O)OC[C@H](O)COC(=O)CCC/C=C/C[C@@H]1[C@@H](/C=C/[C@@H](O)CCCCC)[C@H](O)C[C@@H]1O. The molecule has 6 atom stereocenters. The first-order valence-electron chi connectivity index (χ1n) is 20.6. The van der Waals surface area contributed by atoms with Crippen molar-refractivity contribution >= 4 is 11.9 Å². The summed E-state index contributed by atoms with van der Waals surface area (Å²) in [4.78, 5) is 24.1. The van der Waals surface area contributed by atoms with Crippen molar-refractivity contribution in [3.8, 4) is 0 Å². The van der Waals surface area contributed by atoms with Gasteiger partial charge in [-0.15, -0.1) is 0 Å². The van der Waals surface area contributed by atoms with Crippen LogP contribution < -0.4 is 0 Å². The van der Waals surface area contributed by atoms with Crippen molar-refractivity contribution in [2.75, 3.05) is 13.2 Å². The second kappa shape index (κ2) is 32.0. The number of hydrogen-bond acceptors (Lipinski definition) is 8. The Morgan fingerprint density at radius 2 is 1.12 bits per heavy atom. The molecule has 0 bridgehead atoms. The minimum absolute atomic E-state index is 0.116. The predicted molar refractivity (Wildman–Crippen MR) is 203 cm³/mol. The molecule has 0 spiro atoms. The molecule has 0 aliphatic heterocycles. The van der Waals surface area contributed by atoms with Gasteiger partial charge in [0.1, 0.15) is 19.3 Å². The molecule has 1 saturated carbocycles. The number of unbranched alkanes of at least 4 members (excludes halogenated alkanes) is 18. The van der Waals surface area contributed by atoms with E-state index in [1.165, 1.54) is 83.5 Å². The topological polar surface area (TPSA) is 134 Å². The Morgan fingerprint density at radius 3 is 1.66 bits per heavy atom. The lowest BCUT2D eigenvalue weighted by molar-refractivity contribution is -0.152. The number of esters is 2. The van der Waals surface area contributed by atoms with Gasteiger partial charge in [0.15, 0.2) is 0 Å². The molecule has 0 amide bonds. The summed E-state index contributed by atoms with van der Waals surface area (Å²) in [6.07, 6.45) is 31.9. The van der Waals surface area contributed by atoms with Crippen molar-refractivity contribution in [1.82, 2.24) is 0 Å². The van der Waals surface area contributed by atoms with Crippen LogP contribution in [-0.2, 0) is 19.1 Å². The van der Waals surface area contributed by atoms with E-state index in [1.807, 2.05) is 18.2 Å². The first-order valence-corrected chi connectivity index (χ1v) is 20.6. The first-order chi connectivity index (χ1) is 24.3. The van der Waals surface area contributed by atoms with E-state index in [0.717, 1.165) is 38.5 Å². The molecule has 8 heteroatoms. The summed E-state index contributed by atoms with van der Waals surface area (Å²) in [5, 5.41) is 41.1. The summed E-state index contributed by atoms with van der Waals surface area (Å²) in [6, 6.07) is 0. The van der Waals surface area contributed by atoms with Gasteiger partial charge in [0.2, 0.25) is 0 Å². The number of aliphatic hydroxyl groups is 4. The highest BCUT2D eigenvalue weighted by atomic mass is 16.6. The van der Waals surface area contributed by atoms with E-state index < -0.39 is 30.4 Å². The molecule has 0 saturated heterocycles. The average Bonchev–Trinajstić information content (AvgIpc) is 3.37. The van der Waals surface area contributed by atoms with Crippen molar-refractivity contribution in [1.29, 1.82) is 0 Å². The summed E-state index contributed by atoms with van der Waals surface area (Å²) in [5.74, 6) is -1.05. The Kier molecular flexibility index (Phi) is 29.6. The fraction of sp³-hybridized carbons (Fsp3) is 0.857. The zero-order valence-corrected chi connectivity index (χ0v) is 32.0. The van der Waals surface area contributed by atoms with E-state index in [4.69, 9.17) is 9.47 Å². The van der Waals surface area contributed by atoms with E-state index in [2.05, 4.69) is 13.8 Å². The zero-order chi connectivity index (χ0) is 36.7. The third kappa shape index (κ3) is 25.3. The molecule has 0 aromatic heterocycles. The second-order valence-corrected chi connectivity index (χ2v) is 14.7. The predicted octanol–water partition coefficient (Wildman–Crippen LogP) is 9.06. The van der Waals surface area contributed by atoms with Crippen LogP contribution in [0.1, 0.15) is 181 Å². The Balaban J connectivity index is 2.02. The van der Waals surface area contributed by atoms with Gasteiger partial charge in [-0.3, -0.25) is 9.59 Å². The normalized spacial score (nSPS) is 20.5. The quantitative estimate of drug-likeness (QED) is 0.0302. The smallest absolute Gasteiger partial charge is 0.305 e. The van der Waals surface area contributed by atoms with Gasteiger partial charge in [0.25, 0.3) is 0 Å². The van der Waals surface area contributed by atoms with Crippen LogP contribution in [0.25, 0.3) is 0 Å². The summed E-state index contributed by atoms with van der Waals surface area (Å²) < 4.78 is 10.3. The number of carbonyl (C=O) groups is 2. The maximum atomic E-state index is 12.1. The van der Waals surface area contributed by atoms with Gasteiger partial charge in [0, 0.05) is 25.2 Å². The average molecular weight is 709 g/mol. The standard InChI is InChI=1S/C42H76O8/c1-3-5-7-8-9-10-11-12-13-14-15-16-17-18-19-24-28-41(47)49-33-36(44)34-50-42(48)29-25-21-20-23-27-37-38(40(46)32-39(37)45)31-30-35(43)26-22-6-4-2/h20,23,30-31,35-40,43-46H,3-19,21-22,24-29,32-34H2,1-2H3/b23-20+,31-30+/t35-,36-,37+,38+,39-,40+/m0/s1. The molecule has 1 fully saturated rings. The monoisotopic (exact) mass is 709 g/mol. The molecule has 1 aliphatic carbocycles. The Bertz CT molecular complexity index is 874. The fourth-order valence-electron chi connectivity index (χ4n) is 6.79. The minimum atomic E-state index is -1.04. The Hall–Kier alpha value is -1.74. The maximum Gasteiger partial charge on any atom is 0.305 e. The van der Waals surface area contributed by atoms with Crippen LogP contribution in [0.2, 0.25) is 0 Å². The summed E-state index contributed by atoms with van der Waals surface area (Å²) >= 11 is 0. The molecule has 0 heterocycles. The number of carbonyl (C=O) groups excluding carboxylic acids is 2. The Morgan fingerprint density at radius 1 is 0.640 bits per heavy atom. The molecular weight excluding hydrogens is 632 g/mol.